The summed E-state index contributed by atoms with van der Waals surface area (Å²) in [6.07, 6.45) is -0.211. The highest BCUT2D eigenvalue weighted by molar-refractivity contribution is 5.83. The van der Waals surface area contributed by atoms with E-state index >= 15 is 0 Å². The molecule has 0 bridgehead atoms. The van der Waals surface area contributed by atoms with Crippen molar-refractivity contribution in [3.8, 4) is 5.88 Å². The molecule has 3 heterocycles. The fourth-order valence-corrected chi connectivity index (χ4v) is 2.64. The van der Waals surface area contributed by atoms with Gasteiger partial charge in [0, 0.05) is 17.9 Å². The highest BCUT2D eigenvalue weighted by Crippen LogP contribution is 2.36. The zero-order valence-electron chi connectivity index (χ0n) is 16.5. The van der Waals surface area contributed by atoms with Crippen LogP contribution >= 0.6 is 0 Å². The third-order valence-electron chi connectivity index (χ3n) is 4.54. The first kappa shape index (κ1) is 23.6. The molecule has 0 radical (unpaired) electrons. The molecule has 1 saturated carbocycles. The quantitative estimate of drug-likeness (QED) is 0.610. The molecule has 2 aromatic heterocycles. The minimum Gasteiger partial charge on any atom is -0.662 e. The molecule has 8 nitrogen and oxygen atoms in total. The van der Waals surface area contributed by atoms with Crippen molar-refractivity contribution in [3.05, 3.63) is 47.7 Å². The van der Waals surface area contributed by atoms with E-state index in [0.29, 0.717) is 12.5 Å². The average molecular weight is 459 g/mol. The Bertz CT molecular complexity index is 933. The Morgan fingerprint density at radius 2 is 1.97 bits per heavy atom. The second-order valence-corrected chi connectivity index (χ2v) is 7.37. The third kappa shape index (κ3) is 6.22. The molecule has 4 rings (SSSR count). The van der Waals surface area contributed by atoms with Crippen molar-refractivity contribution in [2.24, 2.45) is 5.92 Å². The number of carbonyl (C=O) groups excluding carboxylic acids is 1. The summed E-state index contributed by atoms with van der Waals surface area (Å²) in [4.78, 5) is 23.2. The molecule has 1 N–H and O–H groups in total. The molecule has 0 aromatic carbocycles. The molecule has 32 heavy (non-hydrogen) atoms. The average Bonchev–Trinajstić information content (AvgIpc) is 3.54. The summed E-state index contributed by atoms with van der Waals surface area (Å²) in [6.45, 7) is -0.541. The molecule has 0 amide bonds. The minimum absolute atomic E-state index is 0.0194. The summed E-state index contributed by atoms with van der Waals surface area (Å²) >= 11 is 0. The molecule has 1 aliphatic heterocycles. The van der Waals surface area contributed by atoms with Crippen LogP contribution in [0.3, 0.4) is 0 Å². The molecule has 2 aromatic rings. The van der Waals surface area contributed by atoms with Crippen LogP contribution in [-0.2, 0) is 0 Å². The van der Waals surface area contributed by atoms with E-state index in [-0.39, 0.29) is 23.1 Å². The lowest BCUT2D eigenvalue weighted by atomic mass is 10.1. The van der Waals surface area contributed by atoms with Crippen LogP contribution in [0, 0.1) is 5.92 Å². The molecule has 0 unspecified atom stereocenters. The number of hydrogen-bond donors (Lipinski definition) is 0. The summed E-state index contributed by atoms with van der Waals surface area (Å²) in [7, 11) is 0. The number of halogens is 5. The van der Waals surface area contributed by atoms with Crippen LogP contribution in [0.2, 0.25) is 0 Å². The number of carboxylic acids is 1. The van der Waals surface area contributed by atoms with Gasteiger partial charge < -0.3 is 25.3 Å². The van der Waals surface area contributed by atoms with E-state index in [1.807, 2.05) is 0 Å². The van der Waals surface area contributed by atoms with Crippen molar-refractivity contribution < 1.29 is 36.6 Å². The molecule has 2 aliphatic rings. The predicted octanol–water partition coefficient (Wildman–Crippen LogP) is 2.82. The fourth-order valence-electron chi connectivity index (χ4n) is 2.64. The molecule has 1 atom stereocenters. The Labute approximate surface area is 179 Å². The van der Waals surface area contributed by atoms with Crippen LogP contribution in [0.5, 0.6) is 5.88 Å². The van der Waals surface area contributed by atoms with Crippen molar-refractivity contribution in [1.29, 1.82) is 0 Å². The zero-order chi connectivity index (χ0) is 23.5. The molecular weight excluding hydrogens is 441 g/mol. The molecular formula is C19H18F5N5O3-2. The van der Waals surface area contributed by atoms with E-state index in [0.717, 1.165) is 19.0 Å². The van der Waals surface area contributed by atoms with Gasteiger partial charge >= 0.3 is 6.18 Å². The molecule has 13 heteroatoms. The number of nitrogens with zero attached hydrogens (tertiary/aromatic N) is 4. The topological polar surface area (TPSA) is 115 Å². The highest BCUT2D eigenvalue weighted by Gasteiger charge is 2.45. The van der Waals surface area contributed by atoms with Gasteiger partial charge in [-0.15, -0.1) is 0 Å². The van der Waals surface area contributed by atoms with Gasteiger partial charge in [0.15, 0.2) is 5.82 Å². The van der Waals surface area contributed by atoms with Gasteiger partial charge in [0.2, 0.25) is 0 Å². The number of nitrogens with one attached hydrogen (secondary N) is 1. The SMILES string of the molecule is O=C([O-])c1cnc(N2CC(F)(F)C2)c(OCC2CC2)n1.[NH-][C@@H](c1ccccn1)C(F)(F)F. The number of anilines is 1. The van der Waals surface area contributed by atoms with Crippen LogP contribution in [0.25, 0.3) is 5.73 Å². The lowest BCUT2D eigenvalue weighted by Crippen LogP contribution is -2.56. The lowest BCUT2D eigenvalue weighted by molar-refractivity contribution is -0.255. The first-order valence-corrected chi connectivity index (χ1v) is 9.49. The molecule has 1 saturated heterocycles. The number of hydrogen-bond acceptors (Lipinski definition) is 7. The smallest absolute Gasteiger partial charge is 0.378 e. The molecule has 0 spiro atoms. The van der Waals surface area contributed by atoms with Gasteiger partial charge in [-0.1, -0.05) is 6.07 Å². The Kier molecular flexibility index (Phi) is 6.77. The molecule has 2 fully saturated rings. The van der Waals surface area contributed by atoms with Crippen LogP contribution in [-0.4, -0.2) is 52.7 Å². The minimum atomic E-state index is -4.53. The number of rotatable bonds is 6. The van der Waals surface area contributed by atoms with Crippen molar-refractivity contribution in [1.82, 2.24) is 15.0 Å². The first-order valence-electron chi connectivity index (χ1n) is 9.49. The van der Waals surface area contributed by atoms with Crippen molar-refractivity contribution in [2.75, 3.05) is 24.6 Å². The number of aromatic carboxylic acids is 1. The second-order valence-electron chi connectivity index (χ2n) is 7.37. The first-order chi connectivity index (χ1) is 15.0. The lowest BCUT2D eigenvalue weighted by Gasteiger charge is -2.39. The Morgan fingerprint density at radius 1 is 1.28 bits per heavy atom. The van der Waals surface area contributed by atoms with Gasteiger partial charge in [-0.2, -0.15) is 13.2 Å². The number of carbonyl (C=O) groups is 1. The Balaban J connectivity index is 0.000000207. The zero-order valence-corrected chi connectivity index (χ0v) is 16.5. The largest absolute Gasteiger partial charge is 0.662 e. The normalized spacial score (nSPS) is 18.1. The van der Waals surface area contributed by atoms with E-state index in [4.69, 9.17) is 10.5 Å². The number of aromatic nitrogens is 3. The summed E-state index contributed by atoms with van der Waals surface area (Å²) in [6, 6.07) is 1.88. The van der Waals surface area contributed by atoms with Gasteiger partial charge in [0.05, 0.1) is 31.9 Å². The van der Waals surface area contributed by atoms with Gasteiger partial charge in [0.1, 0.15) is 5.69 Å². The number of pyridine rings is 1. The van der Waals surface area contributed by atoms with Crippen molar-refractivity contribution >= 4 is 11.8 Å². The number of carboxylic acid groups (broad SMARTS) is 1. The van der Waals surface area contributed by atoms with E-state index < -0.39 is 37.2 Å². The van der Waals surface area contributed by atoms with Gasteiger partial charge in [-0.05, 0) is 30.9 Å². The van der Waals surface area contributed by atoms with Crippen molar-refractivity contribution in [2.45, 2.75) is 31.0 Å². The standard InChI is InChI=1S/C12H13F2N3O3.C7H6F3N2/c13-12(14)5-17(6-12)9-10(20-4-7-1-2-7)16-8(3-15-9)11(18)19;8-7(9,10)6(11)5-3-1-2-4-12-5/h3,7H,1-2,4-6H2,(H,18,19);1-4,6,11H/q;-1/p-1/t;6-/m.0/s1. The highest BCUT2D eigenvalue weighted by atomic mass is 19.4. The third-order valence-corrected chi connectivity index (χ3v) is 4.54. The van der Waals surface area contributed by atoms with E-state index in [1.54, 1.807) is 0 Å². The van der Waals surface area contributed by atoms with Gasteiger partial charge in [0.25, 0.3) is 11.8 Å². The van der Waals surface area contributed by atoms with Gasteiger partial charge in [-0.25, -0.2) is 18.7 Å². The summed E-state index contributed by atoms with van der Waals surface area (Å²) in [5.41, 5.74) is 6.14. The molecule has 1 aliphatic carbocycles. The molecule has 174 valence electrons. The fraction of sp³-hybridized carbons (Fsp3) is 0.474. The summed E-state index contributed by atoms with van der Waals surface area (Å²) in [5.74, 6) is -3.67. The van der Waals surface area contributed by atoms with Crippen LogP contribution in [0.1, 0.15) is 35.1 Å². The maximum Gasteiger partial charge on any atom is 0.378 e. The monoisotopic (exact) mass is 459 g/mol. The maximum atomic E-state index is 12.9. The van der Waals surface area contributed by atoms with Gasteiger partial charge in [-0.3, -0.25) is 4.98 Å². The van der Waals surface area contributed by atoms with E-state index in [1.165, 1.54) is 29.3 Å². The van der Waals surface area contributed by atoms with E-state index in [9.17, 15) is 31.9 Å². The Hall–Kier alpha value is -3.09. The van der Waals surface area contributed by atoms with Crippen molar-refractivity contribution in [3.63, 3.8) is 0 Å². The summed E-state index contributed by atoms with van der Waals surface area (Å²) < 4.78 is 67.0. The Morgan fingerprint density at radius 3 is 2.47 bits per heavy atom. The second kappa shape index (κ2) is 9.18. The van der Waals surface area contributed by atoms with Crippen LogP contribution in [0.15, 0.2) is 30.6 Å². The number of alkyl halides is 5. The van der Waals surface area contributed by atoms with Crippen LogP contribution < -0.4 is 14.7 Å². The van der Waals surface area contributed by atoms with E-state index in [2.05, 4.69) is 15.0 Å². The number of ether oxygens (including phenoxy) is 1. The maximum absolute atomic E-state index is 12.9. The van der Waals surface area contributed by atoms with Crippen LogP contribution in [0.4, 0.5) is 27.8 Å². The summed E-state index contributed by atoms with van der Waals surface area (Å²) in [5, 5.41) is 10.8. The predicted molar refractivity (Wildman–Crippen MR) is 99.1 cm³/mol.